The van der Waals surface area contributed by atoms with E-state index < -0.39 is 52.6 Å². The Balaban J connectivity index is 0.000000125. The van der Waals surface area contributed by atoms with E-state index in [4.69, 9.17) is 71.3 Å². The zero-order valence-electron chi connectivity index (χ0n) is 71.0. The number of halogens is 3. The van der Waals surface area contributed by atoms with Gasteiger partial charge in [0.2, 0.25) is 0 Å². The quantitative estimate of drug-likeness (QED) is 0.0527. The summed E-state index contributed by atoms with van der Waals surface area (Å²) in [5, 5.41) is 0. The Labute approximate surface area is 716 Å². The molecule has 22 nitrogen and oxygen atoms in total. The topological polar surface area (TPSA) is 290 Å². The molecule has 5 aromatic rings. The molecule has 0 aromatic heterocycles. The summed E-state index contributed by atoms with van der Waals surface area (Å²) >= 11 is 5.40. The minimum absolute atomic E-state index is 0.0106. The van der Waals surface area contributed by atoms with Crippen LogP contribution in [-0.4, -0.2) is 185 Å². The van der Waals surface area contributed by atoms with Crippen molar-refractivity contribution in [2.24, 2.45) is 70.5 Å². The molecule has 4 amide bonds. The maximum Gasteiger partial charge on any atom is 0.390 e. The Morgan fingerprint density at radius 3 is 1.13 bits per heavy atom. The highest BCUT2D eigenvalue weighted by Gasteiger charge is 2.71. The number of likely N-dealkylation sites (N-methyl/N-ethyl adjacent to an activating group) is 2. The number of nitrogens with two attached hydrogens (primary N) is 4. The first-order chi connectivity index (χ1) is 57.6. The predicted octanol–water partition coefficient (Wildman–Crippen LogP) is 14.5. The average molecular weight is 1710 g/mol. The second kappa shape index (κ2) is 34.8. The summed E-state index contributed by atoms with van der Waals surface area (Å²) in [6.07, 6.45) is 17.4. The lowest BCUT2D eigenvalue weighted by atomic mass is 9.61. The molecule has 5 saturated carbocycles. The SMILES string of the molecule is CCCSc1ccc2c(c1)C1(N=C(N)N(C)C1=O)C1(CCC(OC)CC1)C2.CCCSc1ccc2c(c1)C1(N=C(N)N(CCOC)C1=O)C1(CCC(OC)CC1)C2.COC1CCC2(CC1)Cc1ccc(OCC3CC3)cc1C21N=C(N)N(CCC(F)(F)F)C1=O.COC1CCC2(CC1)Cc1ccc(Sc3ccccc3)cc1C21N=C(N)N(C)C1=O. The highest BCUT2D eigenvalue weighted by Crippen LogP contribution is 2.67. The number of rotatable bonds is 20. The van der Waals surface area contributed by atoms with Gasteiger partial charge in [0.05, 0.1) is 50.6 Å². The van der Waals surface area contributed by atoms with E-state index in [1.807, 2.05) is 59.9 Å². The normalized spacial score (nSPS) is 31.1. The molecule has 28 heteroatoms. The minimum Gasteiger partial charge on any atom is -0.493 e. The molecule has 18 rings (SSSR count). The van der Waals surface area contributed by atoms with Gasteiger partial charge in [-0.2, -0.15) is 13.2 Å². The second-order valence-electron chi connectivity index (χ2n) is 35.4. The van der Waals surface area contributed by atoms with Gasteiger partial charge < -0.3 is 51.4 Å². The molecule has 646 valence electrons. The number of hydrogen-bond donors (Lipinski definition) is 4. The molecule has 8 N–H and O–H groups in total. The molecule has 120 heavy (non-hydrogen) atoms. The third-order valence-electron chi connectivity index (χ3n) is 28.9. The van der Waals surface area contributed by atoms with E-state index in [1.165, 1.54) is 36.3 Å². The average Bonchev–Trinajstić information content (AvgIpc) is 1.56. The molecule has 4 aliphatic heterocycles. The Bertz CT molecular complexity index is 4790. The fraction of sp³-hybridized carbons (Fsp3) is 0.587. The molecule has 0 bridgehead atoms. The smallest absolute Gasteiger partial charge is 0.390 e. The van der Waals surface area contributed by atoms with E-state index in [0.717, 1.165) is 184 Å². The number of hydrogen-bond acceptors (Lipinski definition) is 21. The standard InChI is InChI=1S/C24H30F3N3O3.C24H27N3O2S.C23H33N3O3S.C21H29N3O2S/c1-32-17-6-8-22(9-7-17)13-16-4-5-18(33-14-15-2-3-15)12-19(16)24(22)20(31)30(21(28)29-24)11-10-23(25,26)27;1-27-21(28)24(26-22(27)25)20-14-19(30-18-6-4-3-5-7-18)9-8-16(20)15-23(24)12-10-17(29-2)11-13-23;1-4-13-30-18-6-5-16-15-22(9-7-17(29-3)8-10-22)23(19(16)14-18)20(27)26(11-12-28-2)21(24)25-23;1-4-11-27-16-6-5-14-13-20(9-7-15(26-3)8-10-20)21(17(14)12-16)18(25)24(2)19(22)23-21/h4-5,12,15,17H,2-3,6-11,13-14H2,1H3,(H2,28,29);3-9,14,17H,10-13,15H2,1-2H3,(H2,25,26);5-6,14,17H,4,7-13,15H2,1-3H3,(H2,24,25);5-6,12,15H,4,7-11,13H2,1-3H3,(H2,22,23). The van der Waals surface area contributed by atoms with Gasteiger partial charge in [-0.15, -0.1) is 23.5 Å². The van der Waals surface area contributed by atoms with E-state index >= 15 is 0 Å². The van der Waals surface area contributed by atoms with Gasteiger partial charge in [-0.3, -0.25) is 38.8 Å². The molecule has 4 heterocycles. The van der Waals surface area contributed by atoms with Crippen molar-refractivity contribution in [2.75, 3.05) is 87.5 Å². The third kappa shape index (κ3) is 15.2. The van der Waals surface area contributed by atoms with Crippen molar-refractivity contribution in [3.8, 4) is 5.75 Å². The Morgan fingerprint density at radius 1 is 0.433 bits per heavy atom. The van der Waals surface area contributed by atoms with Gasteiger partial charge in [0.25, 0.3) is 23.6 Å². The highest BCUT2D eigenvalue weighted by atomic mass is 32.2. The maximum atomic E-state index is 14.0. The number of carbonyl (C=O) groups excluding carboxylic acids is 4. The zero-order chi connectivity index (χ0) is 85.0. The first kappa shape index (κ1) is 87.2. The first-order valence-electron chi connectivity index (χ1n) is 43.1. The predicted molar refractivity (Wildman–Crippen MR) is 463 cm³/mol. The van der Waals surface area contributed by atoms with Crippen molar-refractivity contribution in [2.45, 2.75) is 247 Å². The van der Waals surface area contributed by atoms with Crippen LogP contribution >= 0.6 is 35.3 Å². The Morgan fingerprint density at radius 2 is 0.783 bits per heavy atom. The van der Waals surface area contributed by atoms with Gasteiger partial charge >= 0.3 is 6.18 Å². The van der Waals surface area contributed by atoms with Gasteiger partial charge in [0, 0.05) is 97.4 Å². The summed E-state index contributed by atoms with van der Waals surface area (Å²) in [6, 6.07) is 35.9. The molecule has 4 unspecified atom stereocenters. The second-order valence-corrected chi connectivity index (χ2v) is 38.9. The zero-order valence-corrected chi connectivity index (χ0v) is 73.4. The molecular weight excluding hydrogens is 1590 g/mol. The molecule has 13 aliphatic rings. The number of benzene rings is 5. The lowest BCUT2D eigenvalue weighted by Crippen LogP contribution is -2.52. The Hall–Kier alpha value is -7.70. The van der Waals surface area contributed by atoms with Crippen LogP contribution < -0.4 is 27.7 Å². The number of nitrogens with zero attached hydrogens (tertiary/aromatic N) is 8. The summed E-state index contributed by atoms with van der Waals surface area (Å²) in [6.45, 7) is 5.35. The van der Waals surface area contributed by atoms with Crippen LogP contribution in [-0.2, 0) is 90.7 Å². The summed E-state index contributed by atoms with van der Waals surface area (Å²) < 4.78 is 72.5. The largest absolute Gasteiger partial charge is 0.493 e. The number of carbonyl (C=O) groups is 4. The van der Waals surface area contributed by atoms with E-state index in [2.05, 4.69) is 80.6 Å². The lowest BCUT2D eigenvalue weighted by molar-refractivity contribution is -0.146. The summed E-state index contributed by atoms with van der Waals surface area (Å²) in [5.41, 5.74) is 28.3. The van der Waals surface area contributed by atoms with E-state index in [0.29, 0.717) is 68.6 Å². The van der Waals surface area contributed by atoms with Crippen molar-refractivity contribution in [3.63, 3.8) is 0 Å². The fourth-order valence-electron chi connectivity index (χ4n) is 22.2. The van der Waals surface area contributed by atoms with Gasteiger partial charge in [0.1, 0.15) is 5.75 Å². The molecular formula is C92H119F3N12O10S3. The van der Waals surface area contributed by atoms with Crippen LogP contribution in [0.2, 0.25) is 0 Å². The summed E-state index contributed by atoms with van der Waals surface area (Å²) in [5.74, 6) is 3.85. The van der Waals surface area contributed by atoms with Crippen LogP contribution in [0.25, 0.3) is 0 Å². The van der Waals surface area contributed by atoms with Gasteiger partial charge in [-0.05, 0) is 277 Å². The van der Waals surface area contributed by atoms with E-state index in [-0.39, 0.29) is 64.3 Å². The van der Waals surface area contributed by atoms with Crippen LogP contribution in [0.15, 0.2) is 143 Å². The molecule has 9 aliphatic carbocycles. The molecule has 5 fully saturated rings. The molecule has 4 atom stereocenters. The van der Waals surface area contributed by atoms with Crippen LogP contribution in [0.4, 0.5) is 13.2 Å². The van der Waals surface area contributed by atoms with Crippen molar-refractivity contribution in [1.29, 1.82) is 0 Å². The van der Waals surface area contributed by atoms with Crippen molar-refractivity contribution >= 4 is 82.8 Å². The van der Waals surface area contributed by atoms with Crippen LogP contribution in [0.1, 0.15) is 193 Å². The van der Waals surface area contributed by atoms with Crippen LogP contribution in [0.3, 0.4) is 0 Å². The molecule has 5 aromatic carbocycles. The lowest BCUT2D eigenvalue weighted by Gasteiger charge is -2.45. The molecule has 0 saturated heterocycles. The van der Waals surface area contributed by atoms with Gasteiger partial charge in [0.15, 0.2) is 46.0 Å². The number of alkyl halides is 3. The van der Waals surface area contributed by atoms with Crippen molar-refractivity contribution in [3.05, 3.63) is 148 Å². The maximum absolute atomic E-state index is 14.0. The Kier molecular flexibility index (Phi) is 25.3. The number of ether oxygens (including phenoxy) is 6. The number of aliphatic imine (C=N–C) groups is 4. The number of guanidine groups is 4. The van der Waals surface area contributed by atoms with Gasteiger partial charge in [-0.25, -0.2) is 20.0 Å². The van der Waals surface area contributed by atoms with Gasteiger partial charge in [-0.1, -0.05) is 68.1 Å². The van der Waals surface area contributed by atoms with Crippen LogP contribution in [0, 0.1) is 27.6 Å². The fourth-order valence-corrected chi connectivity index (χ4v) is 24.7. The number of methoxy groups -OCH3 is 5. The number of thioether (sulfide) groups is 2. The van der Waals surface area contributed by atoms with Crippen LogP contribution in [0.5, 0.6) is 5.75 Å². The van der Waals surface area contributed by atoms with E-state index in [9.17, 15) is 32.3 Å². The first-order valence-corrected chi connectivity index (χ1v) is 45.9. The summed E-state index contributed by atoms with van der Waals surface area (Å²) in [7, 11) is 12.1. The van der Waals surface area contributed by atoms with Crippen molar-refractivity contribution in [1.82, 2.24) is 19.6 Å². The molecule has 8 spiro atoms. The third-order valence-corrected chi connectivity index (χ3v) is 32.3. The van der Waals surface area contributed by atoms with E-state index in [1.54, 1.807) is 71.2 Å². The van der Waals surface area contributed by atoms with Crippen molar-refractivity contribution < 1.29 is 60.8 Å². The number of fused-ring (bicyclic) bond motifs is 12. The summed E-state index contributed by atoms with van der Waals surface area (Å²) in [4.78, 5) is 85.1. The number of amides is 4. The highest BCUT2D eigenvalue weighted by molar-refractivity contribution is 7.99. The minimum atomic E-state index is -4.39. The molecule has 0 radical (unpaired) electrons. The monoisotopic (exact) mass is 1700 g/mol.